The molecule has 0 aliphatic carbocycles. The summed E-state index contributed by atoms with van der Waals surface area (Å²) in [6.07, 6.45) is 0. The van der Waals surface area contributed by atoms with Crippen molar-refractivity contribution in [1.29, 1.82) is 0 Å². The fraction of sp³-hybridized carbons (Fsp3) is 0.909. The van der Waals surface area contributed by atoms with Crippen LogP contribution >= 0.6 is 0 Å². The molecule has 1 saturated heterocycles. The summed E-state index contributed by atoms with van der Waals surface area (Å²) < 4.78 is 5.23. The van der Waals surface area contributed by atoms with Crippen molar-refractivity contribution >= 4 is 5.91 Å². The minimum absolute atomic E-state index is 0.0662. The molecule has 0 atom stereocenters. The monoisotopic (exact) mass is 214 g/mol. The van der Waals surface area contributed by atoms with Crippen LogP contribution in [0.2, 0.25) is 0 Å². The Hall–Kier alpha value is -0.610. The van der Waals surface area contributed by atoms with Crippen molar-refractivity contribution < 1.29 is 9.53 Å². The number of hydrogen-bond donors (Lipinski definition) is 1. The maximum Gasteiger partial charge on any atom is 0.254 e. The average molecular weight is 214 g/mol. The number of amides is 1. The first-order chi connectivity index (χ1) is 6.81. The van der Waals surface area contributed by atoms with E-state index in [0.29, 0.717) is 0 Å². The number of carbonyl (C=O) groups excluding carboxylic acids is 1. The summed E-state index contributed by atoms with van der Waals surface area (Å²) in [4.78, 5) is 14.1. The van der Waals surface area contributed by atoms with Gasteiger partial charge in [0, 0.05) is 32.3 Å². The zero-order chi connectivity index (χ0) is 11.7. The van der Waals surface area contributed by atoms with E-state index in [1.807, 2.05) is 18.7 Å². The molecule has 4 heteroatoms. The number of piperazine rings is 1. The molecule has 1 amide bonds. The highest BCUT2D eigenvalue weighted by Gasteiger charge is 2.40. The summed E-state index contributed by atoms with van der Waals surface area (Å²) in [5.74, 6) is 0.0662. The van der Waals surface area contributed by atoms with Gasteiger partial charge in [0.25, 0.3) is 5.91 Å². The molecule has 1 aliphatic heterocycles. The van der Waals surface area contributed by atoms with Gasteiger partial charge in [-0.15, -0.1) is 0 Å². The van der Waals surface area contributed by atoms with E-state index in [2.05, 4.69) is 19.2 Å². The molecule has 0 aromatic heterocycles. The lowest BCUT2D eigenvalue weighted by Gasteiger charge is -2.45. The first-order valence-corrected chi connectivity index (χ1v) is 5.39. The number of ether oxygens (including phenoxy) is 1. The van der Waals surface area contributed by atoms with Gasteiger partial charge in [0.2, 0.25) is 0 Å². The van der Waals surface area contributed by atoms with Crippen molar-refractivity contribution in [3.63, 3.8) is 0 Å². The van der Waals surface area contributed by atoms with Gasteiger partial charge in [0.05, 0.1) is 0 Å². The van der Waals surface area contributed by atoms with Gasteiger partial charge < -0.3 is 15.0 Å². The summed E-state index contributed by atoms with van der Waals surface area (Å²) in [7, 11) is 1.58. The zero-order valence-electron chi connectivity index (χ0n) is 10.4. The van der Waals surface area contributed by atoms with Crippen molar-refractivity contribution in [2.45, 2.75) is 38.8 Å². The van der Waals surface area contributed by atoms with Gasteiger partial charge in [-0.2, -0.15) is 0 Å². The Labute approximate surface area is 92.0 Å². The molecule has 15 heavy (non-hydrogen) atoms. The van der Waals surface area contributed by atoms with E-state index in [-0.39, 0.29) is 11.4 Å². The molecule has 0 saturated carbocycles. The Morgan fingerprint density at radius 2 is 2.07 bits per heavy atom. The van der Waals surface area contributed by atoms with Gasteiger partial charge in [-0.1, -0.05) is 0 Å². The second kappa shape index (κ2) is 4.10. The number of nitrogens with one attached hydrogen (secondary N) is 1. The van der Waals surface area contributed by atoms with Gasteiger partial charge in [0.1, 0.15) is 5.60 Å². The molecule has 1 aliphatic rings. The number of carbonyl (C=O) groups is 1. The van der Waals surface area contributed by atoms with Crippen LogP contribution in [0, 0.1) is 0 Å². The first-order valence-electron chi connectivity index (χ1n) is 5.39. The standard InChI is InChI=1S/C11H22N2O2/c1-10(2)8-12-6-7-13(10)9(14)11(3,4)15-5/h12H,6-8H2,1-5H3. The van der Waals surface area contributed by atoms with Gasteiger partial charge in [-0.25, -0.2) is 0 Å². The van der Waals surface area contributed by atoms with E-state index >= 15 is 0 Å². The highest BCUT2D eigenvalue weighted by atomic mass is 16.5. The molecule has 1 rings (SSSR count). The highest BCUT2D eigenvalue weighted by molar-refractivity contribution is 5.85. The molecule has 1 N–H and O–H groups in total. The van der Waals surface area contributed by atoms with Crippen molar-refractivity contribution in [1.82, 2.24) is 10.2 Å². The first kappa shape index (κ1) is 12.5. The topological polar surface area (TPSA) is 41.6 Å². The summed E-state index contributed by atoms with van der Waals surface area (Å²) in [6, 6.07) is 0. The van der Waals surface area contributed by atoms with Gasteiger partial charge in [0.15, 0.2) is 0 Å². The number of rotatable bonds is 2. The Bertz CT molecular complexity index is 249. The van der Waals surface area contributed by atoms with Gasteiger partial charge in [-0.3, -0.25) is 4.79 Å². The molecule has 1 heterocycles. The summed E-state index contributed by atoms with van der Waals surface area (Å²) in [5, 5.41) is 3.29. The second-order valence-electron chi connectivity index (χ2n) is 5.16. The van der Waals surface area contributed by atoms with Crippen molar-refractivity contribution in [3.8, 4) is 0 Å². The van der Waals surface area contributed by atoms with Crippen LogP contribution in [-0.2, 0) is 9.53 Å². The summed E-state index contributed by atoms with van der Waals surface area (Å²) in [6.45, 7) is 10.2. The maximum absolute atomic E-state index is 12.2. The van der Waals surface area contributed by atoms with Crippen LogP contribution < -0.4 is 5.32 Å². The third-order valence-corrected chi connectivity index (χ3v) is 3.07. The Morgan fingerprint density at radius 1 is 1.47 bits per heavy atom. The predicted molar refractivity (Wildman–Crippen MR) is 59.7 cm³/mol. The Morgan fingerprint density at radius 3 is 2.53 bits per heavy atom. The van der Waals surface area contributed by atoms with E-state index in [9.17, 15) is 4.79 Å². The normalized spacial score (nSPS) is 21.5. The molecule has 0 unspecified atom stereocenters. The molecule has 0 aromatic rings. The average Bonchev–Trinajstić information content (AvgIpc) is 2.16. The zero-order valence-corrected chi connectivity index (χ0v) is 10.4. The minimum atomic E-state index is -0.728. The SMILES string of the molecule is COC(C)(C)C(=O)N1CCNCC1(C)C. The van der Waals surface area contributed by atoms with Crippen molar-refractivity contribution in [2.75, 3.05) is 26.7 Å². The summed E-state index contributed by atoms with van der Waals surface area (Å²) in [5.41, 5.74) is -0.861. The third-order valence-electron chi connectivity index (χ3n) is 3.07. The van der Waals surface area contributed by atoms with Gasteiger partial charge in [-0.05, 0) is 27.7 Å². The number of methoxy groups -OCH3 is 1. The molecule has 0 radical (unpaired) electrons. The largest absolute Gasteiger partial charge is 0.369 e. The second-order valence-corrected chi connectivity index (χ2v) is 5.16. The number of nitrogens with zero attached hydrogens (tertiary/aromatic N) is 1. The molecule has 4 nitrogen and oxygen atoms in total. The van der Waals surface area contributed by atoms with Crippen LogP contribution in [0.5, 0.6) is 0 Å². The van der Waals surface area contributed by atoms with E-state index in [1.54, 1.807) is 7.11 Å². The van der Waals surface area contributed by atoms with Crippen LogP contribution in [0.4, 0.5) is 0 Å². The molecular weight excluding hydrogens is 192 g/mol. The quantitative estimate of drug-likeness (QED) is 0.733. The lowest BCUT2D eigenvalue weighted by atomic mass is 9.96. The minimum Gasteiger partial charge on any atom is -0.369 e. The molecule has 0 bridgehead atoms. The fourth-order valence-electron chi connectivity index (χ4n) is 1.77. The smallest absolute Gasteiger partial charge is 0.254 e. The third kappa shape index (κ3) is 2.49. The van der Waals surface area contributed by atoms with Crippen LogP contribution in [0.3, 0.4) is 0 Å². The molecule has 88 valence electrons. The molecule has 0 spiro atoms. The van der Waals surface area contributed by atoms with Crippen LogP contribution in [-0.4, -0.2) is 48.7 Å². The number of hydrogen-bond acceptors (Lipinski definition) is 3. The maximum atomic E-state index is 12.2. The van der Waals surface area contributed by atoms with E-state index < -0.39 is 5.60 Å². The molecule has 1 fully saturated rings. The van der Waals surface area contributed by atoms with Crippen molar-refractivity contribution in [3.05, 3.63) is 0 Å². The van der Waals surface area contributed by atoms with Crippen LogP contribution in [0.1, 0.15) is 27.7 Å². The van der Waals surface area contributed by atoms with Gasteiger partial charge >= 0.3 is 0 Å². The highest BCUT2D eigenvalue weighted by Crippen LogP contribution is 2.22. The predicted octanol–water partition coefficient (Wildman–Crippen LogP) is 0.622. The van der Waals surface area contributed by atoms with E-state index in [1.165, 1.54) is 0 Å². The van der Waals surface area contributed by atoms with Crippen molar-refractivity contribution in [2.24, 2.45) is 0 Å². The van der Waals surface area contributed by atoms with E-state index in [0.717, 1.165) is 19.6 Å². The summed E-state index contributed by atoms with van der Waals surface area (Å²) >= 11 is 0. The molecule has 0 aromatic carbocycles. The Kier molecular flexibility index (Phi) is 3.41. The van der Waals surface area contributed by atoms with E-state index in [4.69, 9.17) is 4.74 Å². The lowest BCUT2D eigenvalue weighted by molar-refractivity contribution is -0.157. The lowest BCUT2D eigenvalue weighted by Crippen LogP contribution is -2.63. The molecular formula is C11H22N2O2. The Balaban J connectivity index is 2.82. The van der Waals surface area contributed by atoms with Crippen LogP contribution in [0.15, 0.2) is 0 Å². The fourth-order valence-corrected chi connectivity index (χ4v) is 1.77. The van der Waals surface area contributed by atoms with Crippen LogP contribution in [0.25, 0.3) is 0 Å².